The van der Waals surface area contributed by atoms with Gasteiger partial charge in [0.15, 0.2) is 0 Å². The molecule has 5 N–H and O–H groups in total. The zero-order valence-corrected chi connectivity index (χ0v) is 89.8. The number of carboxylic acids is 4. The van der Waals surface area contributed by atoms with Gasteiger partial charge in [0.1, 0.15) is 11.5 Å². The van der Waals surface area contributed by atoms with E-state index in [1.165, 1.54) is 197 Å². The quantitative estimate of drug-likeness (QED) is 0.0256. The van der Waals surface area contributed by atoms with Crippen LogP contribution in [0.1, 0.15) is 295 Å². The van der Waals surface area contributed by atoms with Crippen LogP contribution in [0, 0.1) is 63.2 Å². The number of carboxylic acid groups (broad SMARTS) is 4. The summed E-state index contributed by atoms with van der Waals surface area (Å²) in [6.45, 7) is 65.7. The molecule has 0 aliphatic heterocycles. The van der Waals surface area contributed by atoms with Gasteiger partial charge < -0.3 is 39.7 Å². The molecule has 0 radical (unpaired) electrons. The number of aliphatic hydroxyl groups excluding tert-OH is 1. The molecule has 0 saturated heterocycles. The van der Waals surface area contributed by atoms with Crippen LogP contribution < -0.4 is 9.47 Å². The van der Waals surface area contributed by atoms with Gasteiger partial charge in [0.2, 0.25) is 0 Å². The van der Waals surface area contributed by atoms with Crippen molar-refractivity contribution in [2.75, 3.05) is 27.4 Å². The molecule has 0 bridgehead atoms. The molecule has 2 aromatic rings. The number of ether oxygens (including phenoxy) is 3. The first-order valence-electron chi connectivity index (χ1n) is 48.2. The summed E-state index contributed by atoms with van der Waals surface area (Å²) < 4.78 is 15.7. The van der Waals surface area contributed by atoms with Gasteiger partial charge in [-0.05, 0) is 365 Å². The highest BCUT2D eigenvalue weighted by Crippen LogP contribution is 2.45. The summed E-state index contributed by atoms with van der Waals surface area (Å²) in [7, 11) is 3.39. The van der Waals surface area contributed by atoms with Gasteiger partial charge in [-0.25, -0.2) is 24.0 Å². The van der Waals surface area contributed by atoms with Crippen molar-refractivity contribution in [3.05, 3.63) is 375 Å². The third-order valence-electron chi connectivity index (χ3n) is 24.7. The number of rotatable bonds is 33. The van der Waals surface area contributed by atoms with Crippen molar-refractivity contribution < 1.29 is 63.7 Å². The van der Waals surface area contributed by atoms with Gasteiger partial charge in [0, 0.05) is 30.4 Å². The molecular weight excluding hydrogens is 1700 g/mol. The van der Waals surface area contributed by atoms with Gasteiger partial charge in [-0.15, -0.1) is 0 Å². The molecule has 4 aliphatic rings. The first-order valence-corrected chi connectivity index (χ1v) is 48.2. The molecule has 0 amide bonds. The lowest BCUT2D eigenvalue weighted by molar-refractivity contribution is -0.137. The minimum atomic E-state index is -0.932. The number of carbonyl (C=O) groups is 5. The van der Waals surface area contributed by atoms with Crippen LogP contribution >= 0.6 is 0 Å². The Hall–Kier alpha value is -11.9. The molecule has 0 aromatic heterocycles. The van der Waals surface area contributed by atoms with Crippen molar-refractivity contribution in [3.8, 4) is 11.5 Å². The summed E-state index contributed by atoms with van der Waals surface area (Å²) in [6, 6.07) is 4.13. The van der Waals surface area contributed by atoms with Crippen LogP contribution in [0.15, 0.2) is 330 Å². The van der Waals surface area contributed by atoms with Crippen molar-refractivity contribution in [2.45, 2.75) is 292 Å². The lowest BCUT2D eigenvalue weighted by Gasteiger charge is -2.33. The van der Waals surface area contributed by atoms with Crippen LogP contribution in [0.25, 0.3) is 12.2 Å². The fourth-order valence-corrected chi connectivity index (χ4v) is 16.4. The standard InChI is InChI=1S/C23H30O3.C21H26O3.3C20H28O2.C20H30O/c1-8-26-23(24)14-17(3)11-9-10-16(2)12-13-21-18(4)15-22(25-7)20(6)19(21)5;1-14(8-7-9-15(2)12-21(22)23)10-11-19-16(3)13-20(24-6)18(5)17(19)4;3*1-15(8-6-9-16(2)14-19(21)22)11-12-18-17(3)10-7-13-20(18,4)5;1-16(8-6-9-17(2)13-15-21)11-12-19-18(3)10-7-14-20(19,4)5/h9-15H,8H2,1-7H3;7-13H,1-6H3,(H,22,23);3*6,8-9,11-12,14H,7,10,13H2,1-5H3,(H,21,22);6,8-9,11-13,21H,7,10,14-15H2,1-5H3/b11-9+,13-12+,16-10+,17-14+;9-7+,11-10+,14-8+,15-12+;9-6+,12-11+,15-8+,16-14+;9-6+,12-11+,15-8+,16-14-;9-6+,12-11+,15-8-,16-14+;9-6+,12-11+,16-8+,17-13+. The van der Waals surface area contributed by atoms with Crippen molar-refractivity contribution in [3.63, 3.8) is 0 Å². The monoisotopic (exact) mass is 1870 g/mol. The summed E-state index contributed by atoms with van der Waals surface area (Å²) in [5, 5.41) is 43.4. The first kappa shape index (κ1) is 123. The molecule has 0 heterocycles. The molecule has 0 saturated carbocycles. The number of esters is 1. The Morgan fingerprint density at radius 3 is 0.737 bits per heavy atom. The van der Waals surface area contributed by atoms with Crippen LogP contribution in [0.2, 0.25) is 0 Å². The van der Waals surface area contributed by atoms with Crippen molar-refractivity contribution >= 4 is 42.0 Å². The molecule has 2 aromatic carbocycles. The van der Waals surface area contributed by atoms with Crippen LogP contribution in [0.3, 0.4) is 0 Å². The lowest BCUT2D eigenvalue weighted by Crippen LogP contribution is -2.19. The van der Waals surface area contributed by atoms with Crippen molar-refractivity contribution in [2.24, 2.45) is 21.7 Å². The molecule has 4 aliphatic carbocycles. The summed E-state index contributed by atoms with van der Waals surface area (Å²) in [5.74, 6) is -2.14. The maximum atomic E-state index is 11.4. The smallest absolute Gasteiger partial charge is 0.330 e. The molecule has 0 unspecified atom stereocenters. The molecule has 0 fully saturated rings. The fraction of sp³-hybridized carbons (Fsp3) is 0.411. The maximum Gasteiger partial charge on any atom is 0.330 e. The SMILES string of the molecule is CC1=C(/C=C/C(C)=C/C=C/C(C)=C/C(=O)O)C(C)(C)CCC1.CC1=C(/C=C/C(C)=C/C=C/C(C)=C/CO)C(C)(C)CCC1.CC1=C(/C=C/C(C)=C/C=C/C(C)=C\C(=O)O)C(C)(C)CCC1.CC1=C(/C=C/C(C)=C\C=C\C(C)=C\C(=O)O)C(C)(C)CCC1.CCOC(=O)/C=C(C)/C=C/C=C(C)/C=C/c1c(C)cc(OC)c(C)c1C.COc1cc(C)c(/C=C/C(C)=C/C=C/C(C)=C/C(=O)O)c(C)c1C. The fourth-order valence-electron chi connectivity index (χ4n) is 16.4. The van der Waals surface area contributed by atoms with E-state index < -0.39 is 23.9 Å². The van der Waals surface area contributed by atoms with E-state index in [1.807, 2.05) is 107 Å². The molecule has 6 rings (SSSR count). The third-order valence-corrected chi connectivity index (χ3v) is 24.7. The van der Waals surface area contributed by atoms with Crippen molar-refractivity contribution in [1.82, 2.24) is 0 Å². The largest absolute Gasteiger partial charge is 0.496 e. The zero-order valence-electron chi connectivity index (χ0n) is 89.8. The van der Waals surface area contributed by atoms with E-state index >= 15 is 0 Å². The Balaban J connectivity index is 0.000000823. The van der Waals surface area contributed by atoms with Crippen LogP contribution in [0.4, 0.5) is 0 Å². The number of aliphatic carboxylic acids is 4. The third kappa shape index (κ3) is 50.1. The van der Waals surface area contributed by atoms with Gasteiger partial charge in [-0.3, -0.25) is 0 Å². The van der Waals surface area contributed by atoms with E-state index in [0.717, 1.165) is 72.8 Å². The number of hydrogen-bond donors (Lipinski definition) is 5. The average Bonchev–Trinajstić information content (AvgIpc) is 0.671. The molecule has 0 spiro atoms. The zero-order chi connectivity index (χ0) is 104. The Morgan fingerprint density at radius 1 is 0.314 bits per heavy atom. The summed E-state index contributed by atoms with van der Waals surface area (Å²) in [5.41, 5.74) is 34.3. The number of carbonyl (C=O) groups excluding carboxylic acids is 1. The molecular formula is C124H170O13. The van der Waals surface area contributed by atoms with E-state index in [0.29, 0.717) is 17.6 Å². The summed E-state index contributed by atoms with van der Waals surface area (Å²) in [6.07, 6.45) is 83.8. The number of benzene rings is 2. The van der Waals surface area contributed by atoms with Crippen LogP contribution in [-0.2, 0) is 28.7 Å². The molecule has 137 heavy (non-hydrogen) atoms. The Bertz CT molecular complexity index is 5150. The highest BCUT2D eigenvalue weighted by molar-refractivity contribution is 5.84. The predicted octanol–water partition coefficient (Wildman–Crippen LogP) is 33.1. The number of aliphatic hydroxyl groups is 1. The number of aryl methyl sites for hydroxylation is 2. The van der Waals surface area contributed by atoms with Gasteiger partial charge in [-0.2, -0.15) is 0 Å². The maximum absolute atomic E-state index is 11.4. The normalized spacial score (nSPS) is 17.7. The van der Waals surface area contributed by atoms with Gasteiger partial charge in [-0.1, -0.05) is 305 Å². The molecule has 744 valence electrons. The highest BCUT2D eigenvalue weighted by Gasteiger charge is 2.30. The van der Waals surface area contributed by atoms with Gasteiger partial charge in [0.05, 0.1) is 27.4 Å². The molecule has 0 atom stereocenters. The Labute approximate surface area is 827 Å². The van der Waals surface area contributed by atoms with Crippen molar-refractivity contribution in [1.29, 1.82) is 0 Å². The highest BCUT2D eigenvalue weighted by atomic mass is 16.5. The second-order valence-corrected chi connectivity index (χ2v) is 39.1. The lowest BCUT2D eigenvalue weighted by atomic mass is 9.72. The van der Waals surface area contributed by atoms with E-state index in [2.05, 4.69) is 243 Å². The Morgan fingerprint density at radius 2 is 0.533 bits per heavy atom. The first-order chi connectivity index (χ1) is 64.1. The van der Waals surface area contributed by atoms with Crippen LogP contribution in [0.5, 0.6) is 11.5 Å². The average molecular weight is 1870 g/mol. The van der Waals surface area contributed by atoms with E-state index in [-0.39, 0.29) is 28.8 Å². The predicted molar refractivity (Wildman–Crippen MR) is 585 cm³/mol. The Kier molecular flexibility index (Phi) is 57.0. The topological polar surface area (TPSA) is 214 Å². The van der Waals surface area contributed by atoms with E-state index in [1.54, 1.807) is 79.2 Å². The molecule has 13 heteroatoms. The van der Waals surface area contributed by atoms with Crippen LogP contribution in [-0.4, -0.2) is 82.8 Å². The second-order valence-electron chi connectivity index (χ2n) is 39.1. The minimum Gasteiger partial charge on any atom is -0.496 e. The molecule has 13 nitrogen and oxygen atoms in total. The number of methoxy groups -OCH3 is 2. The van der Waals surface area contributed by atoms with Gasteiger partial charge >= 0.3 is 29.8 Å². The van der Waals surface area contributed by atoms with E-state index in [9.17, 15) is 24.0 Å². The second kappa shape index (κ2) is 63.5. The minimum absolute atomic E-state index is 0.0985. The number of allylic oxidation sites excluding steroid dienone is 48. The van der Waals surface area contributed by atoms with Gasteiger partial charge in [0.25, 0.3) is 0 Å². The number of hydrogen-bond acceptors (Lipinski definition) is 9. The summed E-state index contributed by atoms with van der Waals surface area (Å²) >= 11 is 0. The van der Waals surface area contributed by atoms with E-state index in [4.69, 9.17) is 39.7 Å². The summed E-state index contributed by atoms with van der Waals surface area (Å²) in [4.78, 5) is 53.5.